The fourth-order valence-corrected chi connectivity index (χ4v) is 5.24. The van der Waals surface area contributed by atoms with Gasteiger partial charge in [-0.2, -0.15) is 0 Å². The fraction of sp³-hybridized carbons (Fsp3) is 0.259. The number of halogens is 1. The van der Waals surface area contributed by atoms with Crippen molar-refractivity contribution in [3.05, 3.63) is 81.8 Å². The van der Waals surface area contributed by atoms with E-state index in [1.165, 1.54) is 0 Å². The Morgan fingerprint density at radius 3 is 2.37 bits per heavy atom. The topological polar surface area (TPSA) is 94.1 Å². The highest BCUT2D eigenvalue weighted by Crippen LogP contribution is 2.44. The van der Waals surface area contributed by atoms with Crippen LogP contribution in [-0.2, 0) is 9.53 Å². The number of hydrogen-bond donors (Lipinski definition) is 2. The molecule has 0 fully saturated rings. The number of carboxylic acid groups (broad SMARTS) is 1. The summed E-state index contributed by atoms with van der Waals surface area (Å²) in [7, 11) is 0. The second kappa shape index (κ2) is 10.00. The molecule has 7 nitrogen and oxygen atoms in total. The summed E-state index contributed by atoms with van der Waals surface area (Å²) in [6.45, 7) is 1.16. The highest BCUT2D eigenvalue weighted by atomic mass is 79.9. The van der Waals surface area contributed by atoms with Crippen molar-refractivity contribution in [3.63, 3.8) is 0 Å². The zero-order valence-electron chi connectivity index (χ0n) is 18.8. The van der Waals surface area contributed by atoms with Gasteiger partial charge in [-0.05, 0) is 55.9 Å². The highest BCUT2D eigenvalue weighted by molar-refractivity contribution is 9.10. The Labute approximate surface area is 211 Å². The molecule has 1 atom stereocenters. The molecule has 0 radical (unpaired) electrons. The molecule has 5 rings (SSSR count). The molecule has 1 aliphatic heterocycles. The van der Waals surface area contributed by atoms with Crippen molar-refractivity contribution in [3.8, 4) is 22.6 Å². The van der Waals surface area contributed by atoms with E-state index in [2.05, 4.69) is 33.4 Å². The lowest BCUT2D eigenvalue weighted by Crippen LogP contribution is -2.31. The van der Waals surface area contributed by atoms with Crippen molar-refractivity contribution in [1.82, 2.24) is 5.32 Å². The van der Waals surface area contributed by atoms with Gasteiger partial charge in [0.25, 0.3) is 0 Å². The average molecular weight is 538 g/mol. The molecule has 180 valence electrons. The molecule has 1 heterocycles. The highest BCUT2D eigenvalue weighted by Gasteiger charge is 2.30. The van der Waals surface area contributed by atoms with E-state index < -0.39 is 18.1 Å². The smallest absolute Gasteiger partial charge is 0.407 e. The van der Waals surface area contributed by atoms with Crippen molar-refractivity contribution in [2.75, 3.05) is 19.8 Å². The van der Waals surface area contributed by atoms with Gasteiger partial charge in [0, 0.05) is 12.3 Å². The van der Waals surface area contributed by atoms with Crippen LogP contribution in [0.5, 0.6) is 11.5 Å². The zero-order chi connectivity index (χ0) is 24.4. The van der Waals surface area contributed by atoms with Crippen LogP contribution in [0.3, 0.4) is 0 Å². The number of carbonyl (C=O) groups is 2. The molecular weight excluding hydrogens is 514 g/mol. The van der Waals surface area contributed by atoms with Crippen molar-refractivity contribution in [2.45, 2.75) is 24.8 Å². The molecule has 0 aromatic heterocycles. The number of ether oxygens (including phenoxy) is 3. The Balaban J connectivity index is 1.33. The Morgan fingerprint density at radius 2 is 1.69 bits per heavy atom. The lowest BCUT2D eigenvalue weighted by atomic mass is 9.98. The molecule has 0 saturated carbocycles. The first-order valence-electron chi connectivity index (χ1n) is 11.4. The van der Waals surface area contributed by atoms with Crippen LogP contribution in [-0.4, -0.2) is 37.0 Å². The first-order chi connectivity index (χ1) is 17.0. The van der Waals surface area contributed by atoms with Crippen molar-refractivity contribution in [2.24, 2.45) is 0 Å². The fourth-order valence-electron chi connectivity index (χ4n) is 4.66. The standard InChI is InChI=1S/C27H24BrNO6/c28-22-12-16(13-24-26(22)34-11-5-10-33-24)23(14-25(30)31)29-27(32)35-15-21-19-8-3-1-6-17(19)18-7-2-4-9-20(18)21/h1-4,6-9,12-13,21,23H,5,10-11,14-15H2,(H,29,32)(H,30,31)/t23-/m0/s1. The number of amides is 1. The lowest BCUT2D eigenvalue weighted by molar-refractivity contribution is -0.137. The third-order valence-corrected chi connectivity index (χ3v) is 6.83. The molecule has 2 N–H and O–H groups in total. The lowest BCUT2D eigenvalue weighted by Gasteiger charge is -2.21. The Hall–Kier alpha value is -3.52. The van der Waals surface area contributed by atoms with Crippen LogP contribution in [0.1, 0.15) is 41.5 Å². The summed E-state index contributed by atoms with van der Waals surface area (Å²) in [6, 6.07) is 18.8. The average Bonchev–Trinajstić information content (AvgIpc) is 2.97. The minimum absolute atomic E-state index is 0.0849. The van der Waals surface area contributed by atoms with Crippen LogP contribution in [0.4, 0.5) is 4.79 Å². The van der Waals surface area contributed by atoms with Crippen molar-refractivity contribution in [1.29, 1.82) is 0 Å². The molecule has 1 aliphatic carbocycles. The van der Waals surface area contributed by atoms with E-state index in [1.807, 2.05) is 36.4 Å². The third kappa shape index (κ3) is 4.84. The number of nitrogens with one attached hydrogen (secondary N) is 1. The van der Waals surface area contributed by atoms with Gasteiger partial charge in [-0.25, -0.2) is 4.79 Å². The van der Waals surface area contributed by atoms with Crippen LogP contribution >= 0.6 is 15.9 Å². The number of hydrogen-bond acceptors (Lipinski definition) is 5. The van der Waals surface area contributed by atoms with Gasteiger partial charge < -0.3 is 24.6 Å². The van der Waals surface area contributed by atoms with Crippen LogP contribution in [0.15, 0.2) is 65.1 Å². The number of rotatable bonds is 6. The van der Waals surface area contributed by atoms with E-state index in [9.17, 15) is 14.7 Å². The third-order valence-electron chi connectivity index (χ3n) is 6.24. The number of carbonyl (C=O) groups excluding carboxylic acids is 1. The van der Waals surface area contributed by atoms with Gasteiger partial charge in [0.15, 0.2) is 11.5 Å². The van der Waals surface area contributed by atoms with E-state index in [0.717, 1.165) is 28.7 Å². The molecular formula is C27H24BrNO6. The van der Waals surface area contributed by atoms with Gasteiger partial charge in [-0.1, -0.05) is 48.5 Å². The largest absolute Gasteiger partial charge is 0.490 e. The summed E-state index contributed by atoms with van der Waals surface area (Å²) >= 11 is 3.48. The molecule has 35 heavy (non-hydrogen) atoms. The van der Waals surface area contributed by atoms with Crippen LogP contribution in [0, 0.1) is 0 Å². The number of carboxylic acids is 1. The number of fused-ring (bicyclic) bond motifs is 4. The summed E-state index contributed by atoms with van der Waals surface area (Å²) in [5.41, 5.74) is 5.07. The number of alkyl carbamates (subject to hydrolysis) is 1. The van der Waals surface area contributed by atoms with E-state index >= 15 is 0 Å². The van der Waals surface area contributed by atoms with E-state index in [1.54, 1.807) is 12.1 Å². The SMILES string of the molecule is O=C(O)C[C@H](NC(=O)OCC1c2ccccc2-c2ccccc21)c1cc(Br)c2c(c1)OCCCO2. The summed E-state index contributed by atoms with van der Waals surface area (Å²) in [4.78, 5) is 24.4. The predicted molar refractivity (Wildman–Crippen MR) is 133 cm³/mol. The second-order valence-electron chi connectivity index (χ2n) is 8.50. The van der Waals surface area contributed by atoms with E-state index in [-0.39, 0.29) is 18.9 Å². The molecule has 2 aliphatic rings. The van der Waals surface area contributed by atoms with E-state index in [0.29, 0.717) is 34.7 Å². The minimum Gasteiger partial charge on any atom is -0.490 e. The van der Waals surface area contributed by atoms with E-state index in [4.69, 9.17) is 14.2 Å². The minimum atomic E-state index is -1.04. The van der Waals surface area contributed by atoms with Crippen LogP contribution in [0.25, 0.3) is 11.1 Å². The first kappa shape index (κ1) is 23.2. The molecule has 0 saturated heterocycles. The normalized spacial score (nSPS) is 14.9. The van der Waals surface area contributed by atoms with Gasteiger partial charge in [0.05, 0.1) is 30.1 Å². The summed E-state index contributed by atoms with van der Waals surface area (Å²) in [5.74, 6) is -0.0477. The summed E-state index contributed by atoms with van der Waals surface area (Å²) in [6.07, 6.45) is -0.245. The molecule has 0 spiro atoms. The molecule has 0 bridgehead atoms. The summed E-state index contributed by atoms with van der Waals surface area (Å²) < 4.78 is 17.8. The Bertz CT molecular complexity index is 1230. The van der Waals surface area contributed by atoms with Gasteiger partial charge in [-0.15, -0.1) is 0 Å². The number of benzene rings is 3. The molecule has 3 aromatic rings. The maximum absolute atomic E-state index is 12.8. The maximum Gasteiger partial charge on any atom is 0.407 e. The van der Waals surface area contributed by atoms with Crippen molar-refractivity contribution < 1.29 is 28.9 Å². The molecule has 0 unspecified atom stereocenters. The zero-order valence-corrected chi connectivity index (χ0v) is 20.4. The first-order valence-corrected chi connectivity index (χ1v) is 12.2. The van der Waals surface area contributed by atoms with Gasteiger partial charge >= 0.3 is 12.1 Å². The quantitative estimate of drug-likeness (QED) is 0.421. The predicted octanol–water partition coefficient (Wildman–Crippen LogP) is 5.66. The Morgan fingerprint density at radius 1 is 1.03 bits per heavy atom. The second-order valence-corrected chi connectivity index (χ2v) is 9.36. The molecule has 3 aromatic carbocycles. The van der Waals surface area contributed by atoms with Crippen LogP contribution in [0.2, 0.25) is 0 Å². The monoisotopic (exact) mass is 537 g/mol. The number of aliphatic carboxylic acids is 1. The van der Waals surface area contributed by atoms with Gasteiger partial charge in [0.2, 0.25) is 0 Å². The van der Waals surface area contributed by atoms with Gasteiger partial charge in [0.1, 0.15) is 6.61 Å². The maximum atomic E-state index is 12.8. The van der Waals surface area contributed by atoms with Crippen LogP contribution < -0.4 is 14.8 Å². The summed E-state index contributed by atoms with van der Waals surface area (Å²) in [5, 5.41) is 12.2. The van der Waals surface area contributed by atoms with Gasteiger partial charge in [-0.3, -0.25) is 4.79 Å². The molecule has 1 amide bonds. The van der Waals surface area contributed by atoms with Crippen molar-refractivity contribution >= 4 is 28.0 Å². The Kier molecular flexibility index (Phi) is 6.63. The molecule has 8 heteroatoms.